The van der Waals surface area contributed by atoms with Crippen LogP contribution in [0.1, 0.15) is 128 Å². The van der Waals surface area contributed by atoms with Crippen LogP contribution in [0.15, 0.2) is 48.7 Å². The largest absolute Gasteiger partial charge is 0.495 e. The Kier molecular flexibility index (Phi) is 17.5. The van der Waals surface area contributed by atoms with Crippen LogP contribution in [0.2, 0.25) is 16.6 Å². The number of piperazine rings is 1. The van der Waals surface area contributed by atoms with E-state index in [0.29, 0.717) is 92.5 Å². The number of amides is 4. The number of hydrogen-bond donors (Lipinski definition) is 1. The number of anilines is 2. The van der Waals surface area contributed by atoms with Gasteiger partial charge < -0.3 is 38.5 Å². The number of urea groups is 1. The summed E-state index contributed by atoms with van der Waals surface area (Å²) in [6.45, 7) is 21.5. The van der Waals surface area contributed by atoms with Gasteiger partial charge in [-0.3, -0.25) is 24.8 Å². The predicted octanol–water partition coefficient (Wildman–Crippen LogP) is 11.6. The van der Waals surface area contributed by atoms with Crippen molar-refractivity contribution in [1.29, 1.82) is 0 Å². The first-order chi connectivity index (χ1) is 40.8. The summed E-state index contributed by atoms with van der Waals surface area (Å²) in [5.41, 5.74) is 6.55. The number of benzene rings is 3. The van der Waals surface area contributed by atoms with Crippen molar-refractivity contribution in [2.75, 3.05) is 103 Å². The van der Waals surface area contributed by atoms with Gasteiger partial charge in [-0.1, -0.05) is 53.5 Å². The van der Waals surface area contributed by atoms with Gasteiger partial charge in [0.2, 0.25) is 5.91 Å². The van der Waals surface area contributed by atoms with E-state index in [2.05, 4.69) is 73.0 Å². The number of likely N-dealkylation sites (tertiary alicyclic amines) is 1. The molecule has 454 valence electrons. The fourth-order valence-corrected chi connectivity index (χ4v) is 19.8. The summed E-state index contributed by atoms with van der Waals surface area (Å²) >= 11 is 0. The molecule has 16 nitrogen and oxygen atoms in total. The predicted molar refractivity (Wildman–Crippen MR) is 330 cm³/mol. The van der Waals surface area contributed by atoms with Gasteiger partial charge in [-0.15, -0.1) is 5.54 Å². The molecule has 3 aliphatic heterocycles. The SMILES string of the molecule is COCOc1cc(-c2ncc3c(N(C)C4CC4)nc(OCC4(CN5CCN(CC6CCC7(CC6)CCN(C(=O)c6ccc(OC)c(N8CCC(=O)NC8=O)c6)CC7)CC5)CC4)nc3c2F)c2c(C#C[Si](C(C)C)(C(C)C)C(C)C)c(F)ccc2c1. The van der Waals surface area contributed by atoms with Crippen LogP contribution >= 0.6 is 0 Å². The summed E-state index contributed by atoms with van der Waals surface area (Å²) in [6.07, 6.45) is 12.7. The quantitative estimate of drug-likeness (QED) is 0.0474. The van der Waals surface area contributed by atoms with E-state index in [1.54, 1.807) is 36.5 Å². The number of imide groups is 1. The number of aromatic nitrogens is 3. The van der Waals surface area contributed by atoms with E-state index in [0.717, 1.165) is 77.8 Å². The Hall–Kier alpha value is -6.46. The third-order valence-corrected chi connectivity index (χ3v) is 26.3. The maximum absolute atomic E-state index is 17.8. The first kappa shape index (κ1) is 60.2. The molecular formula is C66H85F2N9O7Si. The minimum atomic E-state index is -2.30. The number of pyridine rings is 1. The Morgan fingerprint density at radius 1 is 0.835 bits per heavy atom. The summed E-state index contributed by atoms with van der Waals surface area (Å²) in [6, 6.07) is 11.7. The van der Waals surface area contributed by atoms with Gasteiger partial charge in [0.1, 0.15) is 42.4 Å². The molecule has 0 unspecified atom stereocenters. The van der Waals surface area contributed by atoms with Crippen molar-refractivity contribution in [3.05, 3.63) is 71.4 Å². The van der Waals surface area contributed by atoms with Gasteiger partial charge in [-0.25, -0.2) is 13.6 Å². The molecule has 2 aromatic heterocycles. The van der Waals surface area contributed by atoms with E-state index in [1.165, 1.54) is 50.9 Å². The van der Waals surface area contributed by atoms with Crippen molar-refractivity contribution in [1.82, 2.24) is 35.0 Å². The van der Waals surface area contributed by atoms with Crippen LogP contribution in [0.3, 0.4) is 0 Å². The Balaban J connectivity index is 0.731. The van der Waals surface area contributed by atoms with Crippen molar-refractivity contribution in [3.8, 4) is 40.2 Å². The van der Waals surface area contributed by atoms with E-state index in [9.17, 15) is 14.4 Å². The number of carbonyl (C=O) groups is 3. The molecule has 0 atom stereocenters. The Bertz CT molecular complexity index is 3370. The smallest absolute Gasteiger partial charge is 0.328 e. The van der Waals surface area contributed by atoms with Gasteiger partial charge in [0, 0.05) is 114 Å². The molecular weight excluding hydrogens is 1100 g/mol. The third kappa shape index (κ3) is 12.4. The first-order valence-electron chi connectivity index (χ1n) is 31.0. The number of nitrogens with zero attached hydrogens (tertiary/aromatic N) is 8. The van der Waals surface area contributed by atoms with Crippen molar-refractivity contribution in [2.45, 2.75) is 135 Å². The molecule has 11 rings (SSSR count). The normalized spacial score (nSPS) is 19.5. The molecule has 0 radical (unpaired) electrons. The molecule has 3 saturated heterocycles. The highest BCUT2D eigenvalue weighted by atomic mass is 28.3. The van der Waals surface area contributed by atoms with Gasteiger partial charge in [0.15, 0.2) is 12.6 Å². The molecule has 6 fully saturated rings. The van der Waals surface area contributed by atoms with Crippen LogP contribution in [-0.2, 0) is 9.53 Å². The maximum Gasteiger partial charge on any atom is 0.328 e. The highest BCUT2D eigenvalue weighted by molar-refractivity contribution is 6.90. The average Bonchev–Trinajstić information content (AvgIpc) is 3.68. The number of ether oxygens (including phenoxy) is 4. The van der Waals surface area contributed by atoms with Gasteiger partial charge >= 0.3 is 12.0 Å². The second kappa shape index (κ2) is 24.7. The summed E-state index contributed by atoms with van der Waals surface area (Å²) in [4.78, 5) is 63.7. The van der Waals surface area contributed by atoms with Crippen LogP contribution in [-0.4, -0.2) is 155 Å². The Morgan fingerprint density at radius 2 is 1.54 bits per heavy atom. The number of carbonyl (C=O) groups excluding carboxylic acids is 3. The highest BCUT2D eigenvalue weighted by Crippen LogP contribution is 2.49. The van der Waals surface area contributed by atoms with Crippen LogP contribution in [0.5, 0.6) is 17.5 Å². The van der Waals surface area contributed by atoms with Crippen LogP contribution in [0.4, 0.5) is 25.1 Å². The molecule has 19 heteroatoms. The van der Waals surface area contributed by atoms with E-state index < -0.39 is 25.7 Å². The first-order valence-corrected chi connectivity index (χ1v) is 33.2. The monoisotopic (exact) mass is 1180 g/mol. The van der Waals surface area contributed by atoms with Gasteiger partial charge in [-0.05, 0) is 134 Å². The number of piperidine rings is 1. The zero-order chi connectivity index (χ0) is 60.0. The third-order valence-electron chi connectivity index (χ3n) is 20.0. The fourth-order valence-electron chi connectivity index (χ4n) is 14.6. The molecule has 85 heavy (non-hydrogen) atoms. The number of halogens is 2. The van der Waals surface area contributed by atoms with E-state index in [1.807, 2.05) is 18.0 Å². The molecule has 3 aliphatic carbocycles. The van der Waals surface area contributed by atoms with Crippen molar-refractivity contribution < 1.29 is 42.1 Å². The molecule has 1 N–H and O–H groups in total. The summed E-state index contributed by atoms with van der Waals surface area (Å²) < 4.78 is 57.6. The minimum absolute atomic E-state index is 0.00569. The summed E-state index contributed by atoms with van der Waals surface area (Å²) in [7, 11) is 2.75. The van der Waals surface area contributed by atoms with Crippen LogP contribution in [0.25, 0.3) is 32.9 Å². The number of hydrogen-bond acceptors (Lipinski definition) is 13. The molecule has 5 aromatic rings. The zero-order valence-corrected chi connectivity index (χ0v) is 52.3. The van der Waals surface area contributed by atoms with Crippen molar-refractivity contribution in [2.24, 2.45) is 16.7 Å². The van der Waals surface area contributed by atoms with Crippen LogP contribution in [0, 0.1) is 39.8 Å². The lowest BCUT2D eigenvalue weighted by Crippen LogP contribution is -2.50. The van der Waals surface area contributed by atoms with Crippen molar-refractivity contribution in [3.63, 3.8) is 0 Å². The van der Waals surface area contributed by atoms with Gasteiger partial charge in [0.05, 0.1) is 30.4 Å². The second-order valence-corrected chi connectivity index (χ2v) is 31.9. The minimum Gasteiger partial charge on any atom is -0.495 e. The summed E-state index contributed by atoms with van der Waals surface area (Å²) in [5.74, 6) is 4.00. The molecule has 3 saturated carbocycles. The van der Waals surface area contributed by atoms with E-state index in [-0.39, 0.29) is 71.2 Å². The zero-order valence-electron chi connectivity index (χ0n) is 51.3. The topological polar surface area (TPSA) is 155 Å². The molecule has 4 amide bonds. The second-order valence-electron chi connectivity index (χ2n) is 26.3. The van der Waals surface area contributed by atoms with Crippen molar-refractivity contribution >= 4 is 59.1 Å². The Morgan fingerprint density at radius 3 is 2.19 bits per heavy atom. The number of nitrogens with one attached hydrogen (secondary N) is 1. The average molecular weight is 1180 g/mol. The number of rotatable bonds is 19. The lowest BCUT2D eigenvalue weighted by molar-refractivity contribution is -0.120. The van der Waals surface area contributed by atoms with Gasteiger partial charge in [0.25, 0.3) is 5.91 Å². The highest BCUT2D eigenvalue weighted by Gasteiger charge is 2.47. The standard InChI is InChI=1S/C66H85F2N9O7Si/c1-42(2)85(43(3)4,44(5)6)33-19-50-53(67)14-10-46-34-49(84-41-81-8)36-51(57(46)50)59-58(68)60-52(37-69-59)61(73(7)48-12-13-48)72-63(71-60)83-40-66(22-23-66)39-75-31-29-74(30-32-75)38-45-16-20-65(21-17-45)24-27-76(28-25-65)62(79)47-11-15-55(82-9)54(35-47)77-26-18-56(78)70-64(77)80/h10-11,14-15,34-37,42-45,48H,12-13,16-18,20-32,38-41H2,1-9H3,(H,70,78,80). The molecule has 5 heterocycles. The van der Waals surface area contributed by atoms with Crippen LogP contribution < -0.4 is 29.3 Å². The lowest BCUT2D eigenvalue weighted by atomic mass is 9.65. The molecule has 1 spiro atoms. The molecule has 3 aromatic carbocycles. The fraction of sp³-hybridized carbons (Fsp3) is 0.576. The lowest BCUT2D eigenvalue weighted by Gasteiger charge is -2.47. The molecule has 6 aliphatic rings. The van der Waals surface area contributed by atoms with E-state index >= 15 is 8.78 Å². The summed E-state index contributed by atoms with van der Waals surface area (Å²) in [5, 5.41) is 3.94. The number of fused-ring (bicyclic) bond motifs is 2. The molecule has 0 bridgehead atoms. The number of methoxy groups -OCH3 is 2. The Labute approximate surface area is 500 Å². The maximum atomic E-state index is 17.8. The van der Waals surface area contributed by atoms with E-state index in [4.69, 9.17) is 33.9 Å². The van der Waals surface area contributed by atoms with Gasteiger partial charge in [-0.2, -0.15) is 9.97 Å².